The van der Waals surface area contributed by atoms with Crippen LogP contribution in [0, 0.1) is 5.41 Å². The number of carbonyl (C=O) groups excluding carboxylic acids is 3. The first-order chi connectivity index (χ1) is 24.3. The fourth-order valence-electron chi connectivity index (χ4n) is 6.55. The molecule has 0 amide bonds. The van der Waals surface area contributed by atoms with Crippen LogP contribution in [-0.2, 0) is 47.5 Å². The lowest BCUT2D eigenvalue weighted by atomic mass is 9.74. The molecule has 3 heterocycles. The van der Waals surface area contributed by atoms with Crippen LogP contribution in [-0.4, -0.2) is 109 Å². The summed E-state index contributed by atoms with van der Waals surface area (Å²) in [6, 6.07) is 0. The summed E-state index contributed by atoms with van der Waals surface area (Å²) in [6.45, 7) is 9.35. The highest BCUT2D eigenvalue weighted by molar-refractivity contribution is 5.83. The van der Waals surface area contributed by atoms with Gasteiger partial charge in [-0.15, -0.1) is 6.58 Å². The highest BCUT2D eigenvalue weighted by atomic mass is 16.7. The molecule has 3 aliphatic rings. The van der Waals surface area contributed by atoms with Gasteiger partial charge in [-0.05, 0) is 43.8 Å². The molecule has 0 spiro atoms. The van der Waals surface area contributed by atoms with Gasteiger partial charge in [0.25, 0.3) is 0 Å². The first-order valence-electron chi connectivity index (χ1n) is 18.4. The number of hydrogen-bond donors (Lipinski definition) is 3. The topological polar surface area (TPSA) is 177 Å². The zero-order valence-corrected chi connectivity index (χ0v) is 30.8. The number of esters is 3. The SMILES string of the molecule is C=CCC1CC2CCOCC[C@@H](O)CC(=O)OC(CO)C[C@@H]3CC(=CC(=O)OC)[C@H](OC(=O)CCCCCCC)[C@@](O)(O3)C(C)(C)C=C[C@@H](O1)O2. The van der Waals surface area contributed by atoms with E-state index in [0.29, 0.717) is 32.3 Å². The molecule has 3 rings (SSSR count). The van der Waals surface area contributed by atoms with Crippen LogP contribution in [0.15, 0.2) is 36.5 Å². The van der Waals surface area contributed by atoms with Crippen molar-refractivity contribution in [3.63, 3.8) is 0 Å². The third-order valence-corrected chi connectivity index (χ3v) is 9.55. The van der Waals surface area contributed by atoms with E-state index in [9.17, 15) is 29.7 Å². The minimum Gasteiger partial charge on any atom is -0.466 e. The monoisotopic (exact) mass is 724 g/mol. The van der Waals surface area contributed by atoms with Gasteiger partial charge in [-0.2, -0.15) is 0 Å². The largest absolute Gasteiger partial charge is 0.466 e. The Balaban J connectivity index is 2.04. The molecule has 0 saturated carbocycles. The zero-order chi connectivity index (χ0) is 37.4. The highest BCUT2D eigenvalue weighted by Gasteiger charge is 2.57. The summed E-state index contributed by atoms with van der Waals surface area (Å²) in [4.78, 5) is 38.7. The van der Waals surface area contributed by atoms with Crippen molar-refractivity contribution >= 4 is 17.9 Å². The number of aliphatic hydroxyl groups is 3. The van der Waals surface area contributed by atoms with Crippen molar-refractivity contribution in [1.29, 1.82) is 0 Å². The summed E-state index contributed by atoms with van der Waals surface area (Å²) in [5.41, 5.74) is -1.08. The molecule has 4 bridgehead atoms. The van der Waals surface area contributed by atoms with Gasteiger partial charge in [0.1, 0.15) is 6.10 Å². The second-order valence-electron chi connectivity index (χ2n) is 14.2. The summed E-state index contributed by atoms with van der Waals surface area (Å²) in [5, 5.41) is 33.3. The Morgan fingerprint density at radius 3 is 2.47 bits per heavy atom. The van der Waals surface area contributed by atoms with E-state index in [1.54, 1.807) is 32.1 Å². The lowest BCUT2D eigenvalue weighted by Crippen LogP contribution is -2.62. The van der Waals surface area contributed by atoms with Crippen LogP contribution in [0.25, 0.3) is 0 Å². The number of fused-ring (bicyclic) bond motifs is 4. The van der Waals surface area contributed by atoms with Crippen LogP contribution in [0.1, 0.15) is 104 Å². The van der Waals surface area contributed by atoms with Gasteiger partial charge in [-0.3, -0.25) is 9.59 Å². The highest BCUT2D eigenvalue weighted by Crippen LogP contribution is 2.47. The van der Waals surface area contributed by atoms with Crippen LogP contribution in [0.4, 0.5) is 0 Å². The van der Waals surface area contributed by atoms with Crippen LogP contribution >= 0.6 is 0 Å². The Kier molecular flexibility index (Phi) is 17.7. The van der Waals surface area contributed by atoms with Gasteiger partial charge >= 0.3 is 17.9 Å². The molecule has 0 radical (unpaired) electrons. The van der Waals surface area contributed by atoms with Crippen molar-refractivity contribution in [1.82, 2.24) is 0 Å². The number of rotatable bonds is 11. The fraction of sp³-hybridized carbons (Fsp3) is 0.763. The average Bonchev–Trinajstić information content (AvgIpc) is 3.08. The Bertz CT molecular complexity index is 1180. The Morgan fingerprint density at radius 2 is 1.76 bits per heavy atom. The predicted octanol–water partition coefficient (Wildman–Crippen LogP) is 4.35. The Labute approximate surface area is 302 Å². The zero-order valence-electron chi connectivity index (χ0n) is 30.8. The molecule has 3 unspecified atom stereocenters. The number of aliphatic hydroxyl groups excluding tert-OH is 2. The van der Waals surface area contributed by atoms with Crippen LogP contribution < -0.4 is 0 Å². The van der Waals surface area contributed by atoms with Crippen molar-refractivity contribution in [2.24, 2.45) is 5.41 Å². The summed E-state index contributed by atoms with van der Waals surface area (Å²) < 4.78 is 41.0. The van der Waals surface area contributed by atoms with Crippen molar-refractivity contribution < 1.29 is 62.9 Å². The number of hydrogen-bond acceptors (Lipinski definition) is 13. The quantitative estimate of drug-likeness (QED) is 0.0902. The molecule has 2 saturated heterocycles. The molecule has 0 aromatic heterocycles. The molecule has 0 aromatic rings. The van der Waals surface area contributed by atoms with Crippen LogP contribution in [0.5, 0.6) is 0 Å². The molecule has 13 nitrogen and oxygen atoms in total. The summed E-state index contributed by atoms with van der Waals surface area (Å²) in [6.07, 6.45) is 6.85. The summed E-state index contributed by atoms with van der Waals surface area (Å²) in [7, 11) is 1.21. The van der Waals surface area contributed by atoms with E-state index in [4.69, 9.17) is 33.2 Å². The standard InChI is InChI=1S/C38H60O13/c1-6-8-9-10-11-13-32(41)50-36-26(21-33(42)45-5)20-30-24-31(25-39)47-34(43)22-27(40)15-18-46-19-16-29-23-28(12-7-2)48-35(49-29)14-17-37(3,4)38(36,44)51-30/h7,14,17,21,27-31,35-36,39-40,44H,2,6,8-13,15-16,18-20,22-25H2,1,3-5H3/t27-,28?,29?,30+,31?,35+,36+,38-/m1/s1. The molecular weight excluding hydrogens is 664 g/mol. The van der Waals surface area contributed by atoms with Gasteiger partial charge in [0.2, 0.25) is 5.79 Å². The molecule has 3 N–H and O–H groups in total. The number of ether oxygens (including phenoxy) is 7. The Morgan fingerprint density at radius 1 is 1.04 bits per heavy atom. The summed E-state index contributed by atoms with van der Waals surface area (Å²) >= 11 is 0. The van der Waals surface area contributed by atoms with Crippen molar-refractivity contribution in [2.45, 2.75) is 153 Å². The predicted molar refractivity (Wildman–Crippen MR) is 186 cm³/mol. The maximum Gasteiger partial charge on any atom is 0.330 e. The second kappa shape index (κ2) is 21.2. The average molecular weight is 725 g/mol. The van der Waals surface area contributed by atoms with Gasteiger partial charge in [0.15, 0.2) is 12.4 Å². The van der Waals surface area contributed by atoms with Crippen LogP contribution in [0.2, 0.25) is 0 Å². The molecule has 51 heavy (non-hydrogen) atoms. The van der Waals surface area contributed by atoms with E-state index in [1.165, 1.54) is 13.2 Å². The maximum atomic E-state index is 13.3. The molecule has 8 atom stereocenters. The lowest BCUT2D eigenvalue weighted by Gasteiger charge is -2.51. The summed E-state index contributed by atoms with van der Waals surface area (Å²) in [5.74, 6) is -4.29. The molecule has 290 valence electrons. The van der Waals surface area contributed by atoms with E-state index in [-0.39, 0.29) is 56.5 Å². The van der Waals surface area contributed by atoms with Gasteiger partial charge in [0, 0.05) is 44.0 Å². The second-order valence-corrected chi connectivity index (χ2v) is 14.2. The van der Waals surface area contributed by atoms with Gasteiger partial charge in [-0.1, -0.05) is 58.6 Å². The fourth-order valence-corrected chi connectivity index (χ4v) is 6.55. The van der Waals surface area contributed by atoms with Crippen molar-refractivity contribution in [3.8, 4) is 0 Å². The van der Waals surface area contributed by atoms with E-state index >= 15 is 0 Å². The maximum absolute atomic E-state index is 13.3. The lowest BCUT2D eigenvalue weighted by molar-refractivity contribution is -0.327. The third-order valence-electron chi connectivity index (χ3n) is 9.55. The number of unbranched alkanes of at least 4 members (excludes halogenated alkanes) is 4. The van der Waals surface area contributed by atoms with Gasteiger partial charge < -0.3 is 48.5 Å². The molecule has 13 heteroatoms. The molecule has 3 aliphatic heterocycles. The van der Waals surface area contributed by atoms with Crippen molar-refractivity contribution in [2.75, 3.05) is 26.9 Å². The Hall–Kier alpha value is -2.65. The molecule has 0 aliphatic carbocycles. The molecule has 2 fully saturated rings. The van der Waals surface area contributed by atoms with Gasteiger partial charge in [0.05, 0.1) is 44.6 Å². The molecule has 0 aromatic carbocycles. The van der Waals surface area contributed by atoms with Gasteiger partial charge in [-0.25, -0.2) is 4.79 Å². The third kappa shape index (κ3) is 13.4. The first kappa shape index (κ1) is 42.8. The number of carbonyl (C=O) groups is 3. The minimum absolute atomic E-state index is 0.0145. The van der Waals surface area contributed by atoms with Crippen LogP contribution in [0.3, 0.4) is 0 Å². The minimum atomic E-state index is -2.27. The van der Waals surface area contributed by atoms with Crippen molar-refractivity contribution in [3.05, 3.63) is 36.5 Å². The first-order valence-corrected chi connectivity index (χ1v) is 18.4. The number of cyclic esters (lactones) is 1. The normalized spacial score (nSPS) is 33.1. The van der Waals surface area contributed by atoms with E-state index < -0.39 is 66.4 Å². The van der Waals surface area contributed by atoms with E-state index in [2.05, 4.69) is 13.5 Å². The van der Waals surface area contributed by atoms with E-state index in [1.807, 2.05) is 0 Å². The number of methoxy groups -OCH3 is 1. The smallest absolute Gasteiger partial charge is 0.330 e. The van der Waals surface area contributed by atoms with E-state index in [0.717, 1.165) is 25.7 Å². The molecular formula is C38H60O13.